The summed E-state index contributed by atoms with van der Waals surface area (Å²) in [4.78, 5) is 0. The highest BCUT2D eigenvalue weighted by atomic mass is 14.9. The summed E-state index contributed by atoms with van der Waals surface area (Å²) in [6.45, 7) is 3.48. The van der Waals surface area contributed by atoms with Crippen molar-refractivity contribution >= 4 is 0 Å². The number of hydrogen-bond donors (Lipinski definition) is 1. The lowest BCUT2D eigenvalue weighted by Gasteiger charge is -2.20. The molecule has 1 nitrogen and oxygen atoms in total. The second-order valence-electron chi connectivity index (χ2n) is 4.92. The minimum absolute atomic E-state index is 0.849. The molecule has 13 heavy (non-hydrogen) atoms. The molecule has 0 bridgehead atoms. The molecule has 0 aromatic carbocycles. The van der Waals surface area contributed by atoms with Gasteiger partial charge in [-0.25, -0.2) is 0 Å². The van der Waals surface area contributed by atoms with Crippen molar-refractivity contribution in [2.75, 3.05) is 6.54 Å². The summed E-state index contributed by atoms with van der Waals surface area (Å²) >= 11 is 0. The molecule has 76 valence electrons. The van der Waals surface area contributed by atoms with Crippen molar-refractivity contribution in [3.05, 3.63) is 0 Å². The predicted molar refractivity (Wildman–Crippen MR) is 56.8 cm³/mol. The van der Waals surface area contributed by atoms with Crippen LogP contribution in [0.3, 0.4) is 0 Å². The Balaban J connectivity index is 1.70. The van der Waals surface area contributed by atoms with E-state index in [1.54, 1.807) is 6.42 Å². The molecule has 0 spiro atoms. The van der Waals surface area contributed by atoms with Crippen molar-refractivity contribution in [1.82, 2.24) is 5.32 Å². The smallest absolute Gasteiger partial charge is 0.00671 e. The summed E-state index contributed by atoms with van der Waals surface area (Å²) in [5.74, 6) is 2.28. The van der Waals surface area contributed by atoms with Crippen molar-refractivity contribution in [2.45, 2.75) is 57.9 Å². The maximum atomic E-state index is 3.68. The fraction of sp³-hybridized carbons (Fsp3) is 1.00. The van der Waals surface area contributed by atoms with Gasteiger partial charge in [0.25, 0.3) is 0 Å². The van der Waals surface area contributed by atoms with E-state index >= 15 is 0 Å². The van der Waals surface area contributed by atoms with E-state index in [4.69, 9.17) is 0 Å². The van der Waals surface area contributed by atoms with E-state index in [2.05, 4.69) is 12.2 Å². The molecular weight excluding hydrogens is 158 g/mol. The maximum Gasteiger partial charge on any atom is 0.00671 e. The van der Waals surface area contributed by atoms with Crippen molar-refractivity contribution in [1.29, 1.82) is 0 Å². The second-order valence-corrected chi connectivity index (χ2v) is 4.92. The van der Waals surface area contributed by atoms with Gasteiger partial charge in [-0.1, -0.05) is 19.8 Å². The molecule has 2 aliphatic rings. The van der Waals surface area contributed by atoms with Crippen molar-refractivity contribution in [3.8, 4) is 0 Å². The first kappa shape index (κ1) is 9.51. The molecule has 1 N–H and O–H groups in total. The van der Waals surface area contributed by atoms with Crippen LogP contribution in [0.2, 0.25) is 0 Å². The fourth-order valence-corrected chi connectivity index (χ4v) is 2.76. The third-order valence-electron chi connectivity index (χ3n) is 3.77. The van der Waals surface area contributed by atoms with E-state index in [9.17, 15) is 0 Å². The summed E-state index contributed by atoms with van der Waals surface area (Å²) in [6.07, 6.45) is 10.2. The average Bonchev–Trinajstić information content (AvgIpc) is 2.82. The standard InChI is InChI=1S/C12H23N/c1-2-8-13-12-5-3-4-10-9-11(10)6-7-12/h10-13H,2-9H2,1H3. The monoisotopic (exact) mass is 181 g/mol. The minimum Gasteiger partial charge on any atom is -0.314 e. The first-order valence-electron chi connectivity index (χ1n) is 6.13. The van der Waals surface area contributed by atoms with E-state index in [1.165, 1.54) is 45.1 Å². The molecule has 2 aliphatic carbocycles. The molecule has 0 aromatic heterocycles. The molecular formula is C12H23N. The van der Waals surface area contributed by atoms with Crippen molar-refractivity contribution in [2.24, 2.45) is 11.8 Å². The van der Waals surface area contributed by atoms with Gasteiger partial charge < -0.3 is 5.32 Å². The Bertz CT molecular complexity index is 155. The lowest BCUT2D eigenvalue weighted by molar-refractivity contribution is 0.382. The fourth-order valence-electron chi connectivity index (χ4n) is 2.76. The molecule has 2 saturated carbocycles. The van der Waals surface area contributed by atoms with Gasteiger partial charge in [0.2, 0.25) is 0 Å². The van der Waals surface area contributed by atoms with Crippen LogP contribution in [0.1, 0.15) is 51.9 Å². The van der Waals surface area contributed by atoms with Crippen LogP contribution in [0, 0.1) is 11.8 Å². The zero-order valence-corrected chi connectivity index (χ0v) is 8.89. The quantitative estimate of drug-likeness (QED) is 0.706. The number of nitrogens with one attached hydrogen (secondary N) is 1. The zero-order valence-electron chi connectivity index (χ0n) is 8.89. The molecule has 0 aliphatic heterocycles. The summed E-state index contributed by atoms with van der Waals surface area (Å²) in [7, 11) is 0. The average molecular weight is 181 g/mol. The number of hydrogen-bond acceptors (Lipinski definition) is 1. The molecule has 3 atom stereocenters. The normalized spacial score (nSPS) is 39.0. The molecule has 0 aromatic rings. The predicted octanol–water partition coefficient (Wildman–Crippen LogP) is 2.95. The van der Waals surface area contributed by atoms with Crippen LogP contribution in [-0.4, -0.2) is 12.6 Å². The second kappa shape index (κ2) is 4.45. The van der Waals surface area contributed by atoms with Gasteiger partial charge in [0.15, 0.2) is 0 Å². The van der Waals surface area contributed by atoms with Gasteiger partial charge in [0.05, 0.1) is 0 Å². The number of rotatable bonds is 3. The van der Waals surface area contributed by atoms with Gasteiger partial charge in [-0.2, -0.15) is 0 Å². The highest BCUT2D eigenvalue weighted by Crippen LogP contribution is 2.47. The summed E-state index contributed by atoms with van der Waals surface area (Å²) in [5, 5.41) is 3.68. The number of fused-ring (bicyclic) bond motifs is 1. The summed E-state index contributed by atoms with van der Waals surface area (Å²) < 4.78 is 0. The summed E-state index contributed by atoms with van der Waals surface area (Å²) in [5.41, 5.74) is 0. The molecule has 0 amide bonds. The topological polar surface area (TPSA) is 12.0 Å². The lowest BCUT2D eigenvalue weighted by Crippen LogP contribution is -2.30. The Hall–Kier alpha value is -0.0400. The first-order chi connectivity index (χ1) is 6.40. The highest BCUT2D eigenvalue weighted by Gasteiger charge is 2.37. The van der Waals surface area contributed by atoms with Gasteiger partial charge in [0.1, 0.15) is 0 Å². The maximum absolute atomic E-state index is 3.68. The minimum atomic E-state index is 0.849. The SMILES string of the molecule is CCCNC1CCCC2CC2CC1. The molecule has 2 fully saturated rings. The molecule has 1 heteroatoms. The van der Waals surface area contributed by atoms with Crippen LogP contribution in [0.4, 0.5) is 0 Å². The van der Waals surface area contributed by atoms with Crippen LogP contribution >= 0.6 is 0 Å². The third kappa shape index (κ3) is 2.70. The Morgan fingerprint density at radius 2 is 1.92 bits per heavy atom. The molecule has 0 radical (unpaired) electrons. The van der Waals surface area contributed by atoms with Gasteiger partial charge >= 0.3 is 0 Å². The van der Waals surface area contributed by atoms with E-state index < -0.39 is 0 Å². The Labute approximate surface area is 82.3 Å². The molecule has 0 heterocycles. The van der Waals surface area contributed by atoms with Gasteiger partial charge in [-0.15, -0.1) is 0 Å². The Morgan fingerprint density at radius 3 is 2.77 bits per heavy atom. The van der Waals surface area contributed by atoms with Gasteiger partial charge in [0, 0.05) is 6.04 Å². The van der Waals surface area contributed by atoms with Crippen LogP contribution in [0.5, 0.6) is 0 Å². The van der Waals surface area contributed by atoms with Gasteiger partial charge in [-0.3, -0.25) is 0 Å². The first-order valence-corrected chi connectivity index (χ1v) is 6.13. The van der Waals surface area contributed by atoms with Crippen LogP contribution in [-0.2, 0) is 0 Å². The van der Waals surface area contributed by atoms with Gasteiger partial charge in [-0.05, 0) is 50.5 Å². The Kier molecular flexibility index (Phi) is 3.26. The zero-order chi connectivity index (χ0) is 9.10. The van der Waals surface area contributed by atoms with Crippen LogP contribution in [0.25, 0.3) is 0 Å². The van der Waals surface area contributed by atoms with Crippen LogP contribution < -0.4 is 5.32 Å². The van der Waals surface area contributed by atoms with Crippen molar-refractivity contribution < 1.29 is 0 Å². The van der Waals surface area contributed by atoms with E-state index in [0.717, 1.165) is 17.9 Å². The largest absolute Gasteiger partial charge is 0.314 e. The third-order valence-corrected chi connectivity index (χ3v) is 3.77. The summed E-state index contributed by atoms with van der Waals surface area (Å²) in [6, 6.07) is 0.849. The lowest BCUT2D eigenvalue weighted by atomic mass is 9.97. The van der Waals surface area contributed by atoms with E-state index in [1.807, 2.05) is 0 Å². The Morgan fingerprint density at radius 1 is 1.08 bits per heavy atom. The van der Waals surface area contributed by atoms with E-state index in [-0.39, 0.29) is 0 Å². The molecule has 0 saturated heterocycles. The van der Waals surface area contributed by atoms with E-state index in [0.29, 0.717) is 0 Å². The van der Waals surface area contributed by atoms with Crippen molar-refractivity contribution in [3.63, 3.8) is 0 Å². The highest BCUT2D eigenvalue weighted by molar-refractivity contribution is 4.89. The molecule has 2 rings (SSSR count). The van der Waals surface area contributed by atoms with Crippen LogP contribution in [0.15, 0.2) is 0 Å². The molecule has 3 unspecified atom stereocenters.